The maximum atomic E-state index is 13.4. The largest absolute Gasteiger partial charge is 0.424 e. The van der Waals surface area contributed by atoms with Crippen molar-refractivity contribution in [3.05, 3.63) is 47.2 Å². The Balaban J connectivity index is 1.83. The van der Waals surface area contributed by atoms with Crippen LogP contribution in [0.1, 0.15) is 29.8 Å². The van der Waals surface area contributed by atoms with Crippen LogP contribution in [0, 0.1) is 18.6 Å². The van der Waals surface area contributed by atoms with Gasteiger partial charge in [0.05, 0.1) is 12.6 Å². The molecule has 0 bridgehead atoms. The van der Waals surface area contributed by atoms with Gasteiger partial charge in [-0.2, -0.15) is 0 Å². The van der Waals surface area contributed by atoms with Gasteiger partial charge in [0.15, 0.2) is 11.6 Å². The summed E-state index contributed by atoms with van der Waals surface area (Å²) < 4.78 is 31.8. The predicted octanol–water partition coefficient (Wildman–Crippen LogP) is 1.96. The summed E-state index contributed by atoms with van der Waals surface area (Å²) in [5, 5.41) is 17.5. The molecule has 1 aliphatic heterocycles. The molecule has 1 aliphatic rings. The van der Waals surface area contributed by atoms with E-state index in [-0.39, 0.29) is 6.04 Å². The van der Waals surface area contributed by atoms with E-state index in [4.69, 9.17) is 4.42 Å². The summed E-state index contributed by atoms with van der Waals surface area (Å²) in [4.78, 5) is 1.92. The number of aryl methyl sites for hydroxylation is 1. The summed E-state index contributed by atoms with van der Waals surface area (Å²) >= 11 is 0. The van der Waals surface area contributed by atoms with Gasteiger partial charge in [0, 0.05) is 19.5 Å². The lowest BCUT2D eigenvalue weighted by molar-refractivity contribution is 0.167. The number of likely N-dealkylation sites (tertiary alicyclic amines) is 1. The minimum atomic E-state index is -0.887. The number of β-amino-alcohol motifs (C(OH)–C–C–N with tert-alkyl or cyclic N) is 1. The molecule has 112 valence electrons. The highest BCUT2D eigenvalue weighted by atomic mass is 19.2. The number of aliphatic hydroxyl groups is 1. The molecule has 3 rings (SSSR count). The van der Waals surface area contributed by atoms with Gasteiger partial charge in [0.1, 0.15) is 0 Å². The third kappa shape index (κ3) is 2.93. The molecule has 0 aliphatic carbocycles. The third-order valence-corrected chi connectivity index (χ3v) is 3.62. The van der Waals surface area contributed by atoms with Crippen molar-refractivity contribution in [2.24, 2.45) is 0 Å². The predicted molar refractivity (Wildman–Crippen MR) is 69.2 cm³/mol. The van der Waals surface area contributed by atoms with Crippen molar-refractivity contribution in [3.8, 4) is 0 Å². The molecule has 0 saturated carbocycles. The molecule has 1 aromatic carbocycles. The van der Waals surface area contributed by atoms with Crippen LogP contribution in [0.4, 0.5) is 8.78 Å². The quantitative estimate of drug-likeness (QED) is 0.938. The van der Waals surface area contributed by atoms with Crippen LogP contribution in [0.15, 0.2) is 22.6 Å². The van der Waals surface area contributed by atoms with Crippen molar-refractivity contribution in [3.63, 3.8) is 0 Å². The molecule has 0 amide bonds. The standard InChI is InChI=1S/C14H15F2N3O2/c1-8-17-18-14(21-8)7-19-6-10(20)5-13(19)9-2-3-11(15)12(16)4-9/h2-4,10,13,20H,5-7H2,1H3/t10-,13-/m0/s1. The number of rotatable bonds is 3. The van der Waals surface area contributed by atoms with Crippen LogP contribution in [0.3, 0.4) is 0 Å². The molecular formula is C14H15F2N3O2. The molecule has 0 unspecified atom stereocenters. The Labute approximate surface area is 120 Å². The molecule has 5 nitrogen and oxygen atoms in total. The number of benzene rings is 1. The zero-order valence-electron chi connectivity index (χ0n) is 11.5. The molecule has 1 aromatic heterocycles. The second-order valence-electron chi connectivity index (χ2n) is 5.22. The zero-order valence-corrected chi connectivity index (χ0v) is 11.5. The second-order valence-corrected chi connectivity index (χ2v) is 5.22. The second kappa shape index (κ2) is 5.50. The molecule has 1 saturated heterocycles. The first kappa shape index (κ1) is 14.1. The highest BCUT2D eigenvalue weighted by Crippen LogP contribution is 2.33. The van der Waals surface area contributed by atoms with Gasteiger partial charge < -0.3 is 9.52 Å². The summed E-state index contributed by atoms with van der Waals surface area (Å²) in [6.45, 7) is 2.48. The number of hydrogen-bond donors (Lipinski definition) is 1. The van der Waals surface area contributed by atoms with Crippen molar-refractivity contribution >= 4 is 0 Å². The maximum Gasteiger partial charge on any atom is 0.230 e. The Morgan fingerprint density at radius 1 is 1.33 bits per heavy atom. The Hall–Kier alpha value is -1.86. The van der Waals surface area contributed by atoms with Gasteiger partial charge in [-0.25, -0.2) is 8.78 Å². The van der Waals surface area contributed by atoms with Gasteiger partial charge in [-0.15, -0.1) is 10.2 Å². The Morgan fingerprint density at radius 3 is 2.81 bits per heavy atom. The number of halogens is 2. The number of nitrogens with zero attached hydrogens (tertiary/aromatic N) is 3. The monoisotopic (exact) mass is 295 g/mol. The topological polar surface area (TPSA) is 62.4 Å². The first-order chi connectivity index (χ1) is 10.0. The smallest absolute Gasteiger partial charge is 0.230 e. The van der Waals surface area contributed by atoms with Gasteiger partial charge >= 0.3 is 0 Å². The molecular weight excluding hydrogens is 280 g/mol. The van der Waals surface area contributed by atoms with Crippen LogP contribution >= 0.6 is 0 Å². The summed E-state index contributed by atoms with van der Waals surface area (Å²) in [5.74, 6) is -0.859. The van der Waals surface area contributed by atoms with Crippen molar-refractivity contribution in [2.75, 3.05) is 6.54 Å². The first-order valence-electron chi connectivity index (χ1n) is 6.69. The maximum absolute atomic E-state index is 13.4. The zero-order chi connectivity index (χ0) is 15.0. The van der Waals surface area contributed by atoms with E-state index in [2.05, 4.69) is 10.2 Å². The van der Waals surface area contributed by atoms with E-state index in [1.807, 2.05) is 4.90 Å². The fourth-order valence-electron chi connectivity index (χ4n) is 2.70. The lowest BCUT2D eigenvalue weighted by Crippen LogP contribution is -2.24. The average molecular weight is 295 g/mol. The molecule has 21 heavy (non-hydrogen) atoms. The van der Waals surface area contributed by atoms with Crippen LogP contribution in [-0.2, 0) is 6.54 Å². The van der Waals surface area contributed by atoms with Gasteiger partial charge in [-0.1, -0.05) is 6.07 Å². The molecule has 7 heteroatoms. The van der Waals surface area contributed by atoms with Gasteiger partial charge in [-0.05, 0) is 24.1 Å². The van der Waals surface area contributed by atoms with E-state index in [1.165, 1.54) is 12.1 Å². The van der Waals surface area contributed by atoms with Crippen LogP contribution in [-0.4, -0.2) is 32.9 Å². The van der Waals surface area contributed by atoms with Gasteiger partial charge in [0.2, 0.25) is 11.8 Å². The normalized spacial score (nSPS) is 22.9. The van der Waals surface area contributed by atoms with E-state index in [9.17, 15) is 13.9 Å². The fourth-order valence-corrected chi connectivity index (χ4v) is 2.70. The van der Waals surface area contributed by atoms with Crippen LogP contribution in [0.2, 0.25) is 0 Å². The van der Waals surface area contributed by atoms with Crippen molar-refractivity contribution in [1.29, 1.82) is 0 Å². The molecule has 1 N–H and O–H groups in total. The molecule has 2 heterocycles. The SMILES string of the molecule is Cc1nnc(CN2C[C@@H](O)C[C@H]2c2ccc(F)c(F)c2)o1. The molecule has 2 atom stereocenters. The molecule has 1 fully saturated rings. The number of hydrogen-bond acceptors (Lipinski definition) is 5. The van der Waals surface area contributed by atoms with E-state index in [0.717, 1.165) is 6.07 Å². The van der Waals surface area contributed by atoms with Crippen LogP contribution < -0.4 is 0 Å². The molecule has 0 radical (unpaired) electrons. The van der Waals surface area contributed by atoms with E-state index in [0.29, 0.717) is 36.9 Å². The molecule has 2 aromatic rings. The Kier molecular flexibility index (Phi) is 3.69. The van der Waals surface area contributed by atoms with Crippen LogP contribution in [0.5, 0.6) is 0 Å². The minimum Gasteiger partial charge on any atom is -0.424 e. The highest BCUT2D eigenvalue weighted by molar-refractivity contribution is 5.22. The fraction of sp³-hybridized carbons (Fsp3) is 0.429. The van der Waals surface area contributed by atoms with Crippen molar-refractivity contribution < 1.29 is 18.3 Å². The summed E-state index contributed by atoms with van der Waals surface area (Å²) in [6, 6.07) is 3.60. The van der Waals surface area contributed by atoms with E-state index < -0.39 is 17.7 Å². The highest BCUT2D eigenvalue weighted by Gasteiger charge is 2.33. The number of aromatic nitrogens is 2. The summed E-state index contributed by atoms with van der Waals surface area (Å²) in [6.07, 6.45) is -0.0646. The summed E-state index contributed by atoms with van der Waals surface area (Å²) in [7, 11) is 0. The minimum absolute atomic E-state index is 0.206. The number of aliphatic hydroxyl groups excluding tert-OH is 1. The van der Waals surface area contributed by atoms with Gasteiger partial charge in [-0.3, -0.25) is 4.90 Å². The Morgan fingerprint density at radius 2 is 2.14 bits per heavy atom. The molecule has 0 spiro atoms. The van der Waals surface area contributed by atoms with E-state index in [1.54, 1.807) is 6.92 Å². The van der Waals surface area contributed by atoms with Crippen molar-refractivity contribution in [2.45, 2.75) is 32.0 Å². The third-order valence-electron chi connectivity index (χ3n) is 3.62. The Bertz CT molecular complexity index is 647. The average Bonchev–Trinajstić information content (AvgIpc) is 3.00. The van der Waals surface area contributed by atoms with E-state index >= 15 is 0 Å². The van der Waals surface area contributed by atoms with Gasteiger partial charge in [0.25, 0.3) is 0 Å². The lowest BCUT2D eigenvalue weighted by Gasteiger charge is -2.22. The first-order valence-corrected chi connectivity index (χ1v) is 6.69. The van der Waals surface area contributed by atoms with Crippen molar-refractivity contribution in [1.82, 2.24) is 15.1 Å². The summed E-state index contributed by atoms with van der Waals surface area (Å²) in [5.41, 5.74) is 0.627. The lowest BCUT2D eigenvalue weighted by atomic mass is 10.0. The van der Waals surface area contributed by atoms with Crippen LogP contribution in [0.25, 0.3) is 0 Å².